The lowest BCUT2D eigenvalue weighted by molar-refractivity contribution is 0.358. The van der Waals surface area contributed by atoms with Gasteiger partial charge in [-0.15, -0.1) is 5.10 Å². The van der Waals surface area contributed by atoms with E-state index in [1.165, 1.54) is 0 Å². The highest BCUT2D eigenvalue weighted by Gasteiger charge is 2.23. The normalized spacial score (nSPS) is 13.1. The Labute approximate surface area is 127 Å². The first-order valence-electron chi connectivity index (χ1n) is 7.17. The molecule has 1 aromatic rings. The Morgan fingerprint density at radius 1 is 1.25 bits per heavy atom. The molecule has 5 heteroatoms. The van der Waals surface area contributed by atoms with E-state index < -0.39 is 0 Å². The van der Waals surface area contributed by atoms with Crippen molar-refractivity contribution in [2.75, 3.05) is 5.32 Å². The number of nitrogens with zero attached hydrogens (tertiary/aromatic N) is 2. The number of rotatable bonds is 5. The predicted octanol–water partition coefficient (Wildman–Crippen LogP) is 3.08. The number of nitrogens with two attached hydrogens (primary N) is 1. The molecule has 4 nitrogen and oxygen atoms in total. The Hall–Kier alpha value is -1.23. The fourth-order valence-electron chi connectivity index (χ4n) is 1.96. The molecule has 0 bridgehead atoms. The molecule has 1 rings (SSSR count). The second-order valence-corrected chi connectivity index (χ2v) is 6.59. The molecule has 0 aliphatic heterocycles. The number of aryl methyl sites for hydroxylation is 1. The molecule has 1 unspecified atom stereocenters. The van der Waals surface area contributed by atoms with E-state index in [4.69, 9.17) is 18.0 Å². The van der Waals surface area contributed by atoms with Crippen molar-refractivity contribution in [3.63, 3.8) is 0 Å². The molecule has 3 N–H and O–H groups in total. The van der Waals surface area contributed by atoms with Gasteiger partial charge in [-0.3, -0.25) is 0 Å². The minimum atomic E-state index is 0.116. The second kappa shape index (κ2) is 6.48. The first kappa shape index (κ1) is 16.8. The molecule has 0 aliphatic rings. The van der Waals surface area contributed by atoms with Crippen molar-refractivity contribution in [3.8, 4) is 0 Å². The summed E-state index contributed by atoms with van der Waals surface area (Å²) in [5, 5.41) is 12.0. The molecule has 1 heterocycles. The minimum absolute atomic E-state index is 0.116. The fraction of sp³-hybridized carbons (Fsp3) is 0.667. The maximum Gasteiger partial charge on any atom is 0.159 e. The standard InChI is InChI=1S/C15H26N4S/c1-7-10-11(8-2)18-19-14(12(10)13(16)20)17-9(3)15(4,5)6/h9H,7-8H2,1-6H3,(H2,16,20)(H,17,19). The van der Waals surface area contributed by atoms with Crippen molar-refractivity contribution in [2.24, 2.45) is 11.1 Å². The highest BCUT2D eigenvalue weighted by Crippen LogP contribution is 2.26. The Balaban J connectivity index is 3.30. The first-order chi connectivity index (χ1) is 9.22. The third-order valence-corrected chi connectivity index (χ3v) is 3.95. The van der Waals surface area contributed by atoms with Crippen LogP contribution >= 0.6 is 12.2 Å². The monoisotopic (exact) mass is 294 g/mol. The summed E-state index contributed by atoms with van der Waals surface area (Å²) >= 11 is 5.23. The number of hydrogen-bond acceptors (Lipinski definition) is 4. The average Bonchev–Trinajstić information content (AvgIpc) is 2.36. The van der Waals surface area contributed by atoms with Crippen molar-refractivity contribution < 1.29 is 0 Å². The van der Waals surface area contributed by atoms with Crippen LogP contribution in [0, 0.1) is 5.41 Å². The van der Waals surface area contributed by atoms with Crippen LogP contribution < -0.4 is 11.1 Å². The summed E-state index contributed by atoms with van der Waals surface area (Å²) in [6, 6.07) is 0.238. The summed E-state index contributed by atoms with van der Waals surface area (Å²) < 4.78 is 0. The van der Waals surface area contributed by atoms with Gasteiger partial charge in [-0.2, -0.15) is 5.10 Å². The van der Waals surface area contributed by atoms with Crippen LogP contribution in [0.5, 0.6) is 0 Å². The summed E-state index contributed by atoms with van der Waals surface area (Å²) in [6.45, 7) is 12.8. The molecule has 1 atom stereocenters. The summed E-state index contributed by atoms with van der Waals surface area (Å²) in [5.74, 6) is 0.703. The van der Waals surface area contributed by atoms with Crippen molar-refractivity contribution in [3.05, 3.63) is 16.8 Å². The van der Waals surface area contributed by atoms with E-state index >= 15 is 0 Å². The number of hydrogen-bond donors (Lipinski definition) is 2. The molecular weight excluding hydrogens is 268 g/mol. The van der Waals surface area contributed by atoms with E-state index in [1.54, 1.807) is 0 Å². The van der Waals surface area contributed by atoms with Gasteiger partial charge in [-0.25, -0.2) is 0 Å². The highest BCUT2D eigenvalue weighted by atomic mass is 32.1. The van der Waals surface area contributed by atoms with Gasteiger partial charge >= 0.3 is 0 Å². The molecule has 0 aromatic carbocycles. The Morgan fingerprint density at radius 2 is 1.85 bits per heavy atom. The summed E-state index contributed by atoms with van der Waals surface area (Å²) in [6.07, 6.45) is 1.69. The Morgan fingerprint density at radius 3 is 2.25 bits per heavy atom. The minimum Gasteiger partial charge on any atom is -0.389 e. The fourth-order valence-corrected chi connectivity index (χ4v) is 2.18. The van der Waals surface area contributed by atoms with Crippen LogP contribution in [0.4, 0.5) is 5.82 Å². The zero-order chi connectivity index (χ0) is 15.5. The molecule has 0 radical (unpaired) electrons. The van der Waals surface area contributed by atoms with Crippen LogP contribution in [0.15, 0.2) is 0 Å². The quantitative estimate of drug-likeness (QED) is 0.817. The second-order valence-electron chi connectivity index (χ2n) is 6.15. The molecule has 112 valence electrons. The average molecular weight is 294 g/mol. The summed E-state index contributed by atoms with van der Waals surface area (Å²) in [4.78, 5) is 0.384. The number of nitrogens with one attached hydrogen (secondary N) is 1. The van der Waals surface area contributed by atoms with E-state index in [0.717, 1.165) is 29.7 Å². The summed E-state index contributed by atoms with van der Waals surface area (Å²) in [5.41, 5.74) is 8.98. The molecule has 0 amide bonds. The van der Waals surface area contributed by atoms with Crippen molar-refractivity contribution >= 4 is 23.0 Å². The van der Waals surface area contributed by atoms with E-state index in [0.29, 0.717) is 10.8 Å². The van der Waals surface area contributed by atoms with Crippen molar-refractivity contribution in [2.45, 2.75) is 60.4 Å². The van der Waals surface area contributed by atoms with Gasteiger partial charge < -0.3 is 11.1 Å². The third kappa shape index (κ3) is 3.66. The van der Waals surface area contributed by atoms with Gasteiger partial charge in [0.2, 0.25) is 0 Å². The molecular formula is C15H26N4S. The third-order valence-electron chi connectivity index (χ3n) is 3.74. The SMILES string of the molecule is CCc1nnc(NC(C)C(C)(C)C)c(C(N)=S)c1CC. The lowest BCUT2D eigenvalue weighted by Gasteiger charge is -2.29. The van der Waals surface area contributed by atoms with Gasteiger partial charge in [0.1, 0.15) is 4.99 Å². The van der Waals surface area contributed by atoms with Gasteiger partial charge in [-0.05, 0) is 30.7 Å². The van der Waals surface area contributed by atoms with Crippen LogP contribution in [0.25, 0.3) is 0 Å². The maximum atomic E-state index is 5.92. The van der Waals surface area contributed by atoms with Crippen LogP contribution in [0.3, 0.4) is 0 Å². The molecule has 0 saturated heterocycles. The van der Waals surface area contributed by atoms with E-state index in [2.05, 4.69) is 57.1 Å². The molecule has 0 aliphatic carbocycles. The van der Waals surface area contributed by atoms with Gasteiger partial charge in [-0.1, -0.05) is 46.8 Å². The maximum absolute atomic E-state index is 5.92. The van der Waals surface area contributed by atoms with E-state index in [9.17, 15) is 0 Å². The lowest BCUT2D eigenvalue weighted by atomic mass is 9.88. The summed E-state index contributed by atoms with van der Waals surface area (Å²) in [7, 11) is 0. The van der Waals surface area contributed by atoms with Gasteiger partial charge in [0.25, 0.3) is 0 Å². The zero-order valence-corrected chi connectivity index (χ0v) is 14.2. The molecule has 20 heavy (non-hydrogen) atoms. The molecule has 1 aromatic heterocycles. The smallest absolute Gasteiger partial charge is 0.159 e. The van der Waals surface area contributed by atoms with Gasteiger partial charge in [0.15, 0.2) is 5.82 Å². The lowest BCUT2D eigenvalue weighted by Crippen LogP contribution is -2.33. The van der Waals surface area contributed by atoms with Crippen LogP contribution in [-0.2, 0) is 12.8 Å². The predicted molar refractivity (Wildman–Crippen MR) is 89.2 cm³/mol. The molecule has 0 fully saturated rings. The number of aromatic nitrogens is 2. The highest BCUT2D eigenvalue weighted by molar-refractivity contribution is 7.80. The van der Waals surface area contributed by atoms with Crippen LogP contribution in [0.2, 0.25) is 0 Å². The van der Waals surface area contributed by atoms with Crippen molar-refractivity contribution in [1.29, 1.82) is 0 Å². The van der Waals surface area contributed by atoms with E-state index in [-0.39, 0.29) is 11.5 Å². The molecule has 0 spiro atoms. The van der Waals surface area contributed by atoms with Crippen molar-refractivity contribution in [1.82, 2.24) is 10.2 Å². The largest absolute Gasteiger partial charge is 0.389 e. The molecule has 0 saturated carbocycles. The Kier molecular flexibility index (Phi) is 5.45. The van der Waals surface area contributed by atoms with Crippen LogP contribution in [0.1, 0.15) is 58.4 Å². The zero-order valence-electron chi connectivity index (χ0n) is 13.4. The van der Waals surface area contributed by atoms with Crippen LogP contribution in [-0.4, -0.2) is 21.2 Å². The van der Waals surface area contributed by atoms with E-state index in [1.807, 2.05) is 0 Å². The van der Waals surface area contributed by atoms with Gasteiger partial charge in [0, 0.05) is 6.04 Å². The number of anilines is 1. The Bertz CT molecular complexity index is 491. The topological polar surface area (TPSA) is 63.8 Å². The van der Waals surface area contributed by atoms with Gasteiger partial charge in [0.05, 0.1) is 11.3 Å². The first-order valence-corrected chi connectivity index (χ1v) is 7.57. The number of thiocarbonyl (C=S) groups is 1.